The van der Waals surface area contributed by atoms with Crippen LogP contribution >= 0.6 is 11.8 Å². The van der Waals surface area contributed by atoms with Crippen molar-refractivity contribution in [2.24, 2.45) is 0 Å². The second-order valence-corrected chi connectivity index (χ2v) is 8.12. The maximum Gasteiger partial charge on any atom is 0.149 e. The molecule has 1 atom stereocenters. The van der Waals surface area contributed by atoms with Gasteiger partial charge in [0.2, 0.25) is 0 Å². The van der Waals surface area contributed by atoms with Crippen molar-refractivity contribution in [1.82, 2.24) is 14.5 Å². The molecule has 2 aromatic carbocycles. The normalized spacial score (nSPS) is 12.2. The Bertz CT molecular complexity index is 1070. The molecule has 0 aliphatic heterocycles. The standard InChI is InChI=1S/C23H23N3OS/c1-4-16(2)28-23-21-20(17-8-6-5-7-9-17)14-26(22(21)24-15-25-23)18-10-12-19(27-3)13-11-18/h5-16H,4H2,1-3H3. The van der Waals surface area contributed by atoms with Gasteiger partial charge in [-0.3, -0.25) is 0 Å². The Kier molecular flexibility index (Phi) is 5.35. The van der Waals surface area contributed by atoms with E-state index in [1.54, 1.807) is 13.4 Å². The lowest BCUT2D eigenvalue weighted by molar-refractivity contribution is 0.415. The highest BCUT2D eigenvalue weighted by Crippen LogP contribution is 2.38. The van der Waals surface area contributed by atoms with Crippen LogP contribution in [0.2, 0.25) is 0 Å². The average Bonchev–Trinajstić information content (AvgIpc) is 3.15. The maximum absolute atomic E-state index is 5.30. The molecule has 4 nitrogen and oxygen atoms in total. The van der Waals surface area contributed by atoms with Crippen LogP contribution < -0.4 is 4.74 Å². The van der Waals surface area contributed by atoms with E-state index in [1.165, 1.54) is 5.56 Å². The smallest absolute Gasteiger partial charge is 0.149 e. The summed E-state index contributed by atoms with van der Waals surface area (Å²) < 4.78 is 7.44. The highest BCUT2D eigenvalue weighted by Gasteiger charge is 2.18. The van der Waals surface area contributed by atoms with Gasteiger partial charge in [0.05, 0.1) is 12.5 Å². The molecule has 28 heavy (non-hydrogen) atoms. The topological polar surface area (TPSA) is 39.9 Å². The molecule has 0 N–H and O–H groups in total. The van der Waals surface area contributed by atoms with Crippen LogP contribution in [-0.2, 0) is 0 Å². The lowest BCUT2D eigenvalue weighted by Crippen LogP contribution is -1.97. The van der Waals surface area contributed by atoms with Crippen LogP contribution in [0.4, 0.5) is 0 Å². The molecule has 1 unspecified atom stereocenters. The number of hydrogen-bond acceptors (Lipinski definition) is 4. The Morgan fingerprint density at radius 2 is 1.79 bits per heavy atom. The van der Waals surface area contributed by atoms with E-state index in [1.807, 2.05) is 30.0 Å². The summed E-state index contributed by atoms with van der Waals surface area (Å²) >= 11 is 1.81. The molecule has 4 aromatic rings. The fraction of sp³-hybridized carbons (Fsp3) is 0.217. The van der Waals surface area contributed by atoms with E-state index < -0.39 is 0 Å². The molecule has 2 aromatic heterocycles. The van der Waals surface area contributed by atoms with Crippen molar-refractivity contribution in [1.29, 1.82) is 0 Å². The molecular weight excluding hydrogens is 366 g/mol. The summed E-state index contributed by atoms with van der Waals surface area (Å²) in [5.74, 6) is 0.839. The number of rotatable bonds is 6. The second kappa shape index (κ2) is 8.07. The van der Waals surface area contributed by atoms with E-state index >= 15 is 0 Å². The van der Waals surface area contributed by atoms with Crippen molar-refractivity contribution in [2.45, 2.75) is 30.5 Å². The predicted octanol–water partition coefficient (Wildman–Crippen LogP) is 5.99. The van der Waals surface area contributed by atoms with Gasteiger partial charge in [-0.1, -0.05) is 44.2 Å². The minimum absolute atomic E-state index is 0.492. The summed E-state index contributed by atoms with van der Waals surface area (Å²) in [6.45, 7) is 4.44. The SMILES string of the molecule is CCC(C)Sc1ncnc2c1c(-c1ccccc1)cn2-c1ccc(OC)cc1. The Labute approximate surface area is 169 Å². The van der Waals surface area contributed by atoms with Crippen molar-refractivity contribution in [3.8, 4) is 22.6 Å². The zero-order chi connectivity index (χ0) is 19.5. The summed E-state index contributed by atoms with van der Waals surface area (Å²) in [7, 11) is 1.68. The first kappa shape index (κ1) is 18.6. The molecule has 0 spiro atoms. The summed E-state index contributed by atoms with van der Waals surface area (Å²) in [5.41, 5.74) is 4.29. The van der Waals surface area contributed by atoms with Gasteiger partial charge in [0.1, 0.15) is 22.7 Å². The van der Waals surface area contributed by atoms with Crippen molar-refractivity contribution in [3.63, 3.8) is 0 Å². The molecule has 0 fully saturated rings. The summed E-state index contributed by atoms with van der Waals surface area (Å²) in [5, 5.41) is 2.63. The molecule has 4 rings (SSSR count). The quantitative estimate of drug-likeness (QED) is 0.300. The Hall–Kier alpha value is -2.79. The minimum Gasteiger partial charge on any atom is -0.497 e. The lowest BCUT2D eigenvalue weighted by atomic mass is 10.1. The van der Waals surface area contributed by atoms with Crippen molar-refractivity contribution >= 4 is 22.8 Å². The minimum atomic E-state index is 0.492. The first-order chi connectivity index (χ1) is 13.7. The second-order valence-electron chi connectivity index (χ2n) is 6.69. The number of hydrogen-bond donors (Lipinski definition) is 0. The predicted molar refractivity (Wildman–Crippen MR) is 116 cm³/mol. The van der Waals surface area contributed by atoms with E-state index in [4.69, 9.17) is 4.74 Å². The fourth-order valence-electron chi connectivity index (χ4n) is 3.17. The summed E-state index contributed by atoms with van der Waals surface area (Å²) in [6, 6.07) is 18.5. The van der Waals surface area contributed by atoms with Gasteiger partial charge in [0.25, 0.3) is 0 Å². The Balaban J connectivity index is 1.95. The van der Waals surface area contributed by atoms with Crippen LogP contribution in [0.3, 0.4) is 0 Å². The molecule has 0 aliphatic rings. The number of ether oxygens (including phenoxy) is 1. The molecule has 0 aliphatic carbocycles. The molecule has 0 saturated heterocycles. The van der Waals surface area contributed by atoms with Crippen LogP contribution in [-0.4, -0.2) is 26.9 Å². The third-order valence-corrected chi connectivity index (χ3v) is 6.14. The van der Waals surface area contributed by atoms with E-state index in [2.05, 4.69) is 71.0 Å². The Morgan fingerprint density at radius 3 is 2.46 bits per heavy atom. The van der Waals surface area contributed by atoms with Gasteiger partial charge in [0.15, 0.2) is 0 Å². The molecule has 0 bridgehead atoms. The first-order valence-electron chi connectivity index (χ1n) is 9.43. The molecule has 0 radical (unpaired) electrons. The highest BCUT2D eigenvalue weighted by atomic mass is 32.2. The molecule has 0 amide bonds. The largest absolute Gasteiger partial charge is 0.497 e. The van der Waals surface area contributed by atoms with Gasteiger partial charge in [0, 0.05) is 22.7 Å². The van der Waals surface area contributed by atoms with E-state index in [9.17, 15) is 0 Å². The van der Waals surface area contributed by atoms with Crippen molar-refractivity contribution in [2.75, 3.05) is 7.11 Å². The van der Waals surface area contributed by atoms with Crippen LogP contribution in [0.5, 0.6) is 5.75 Å². The maximum atomic E-state index is 5.30. The zero-order valence-corrected chi connectivity index (χ0v) is 17.1. The molecule has 5 heteroatoms. The number of fused-ring (bicyclic) bond motifs is 1. The molecule has 2 heterocycles. The van der Waals surface area contributed by atoms with E-state index in [0.29, 0.717) is 5.25 Å². The van der Waals surface area contributed by atoms with Crippen LogP contribution in [0.1, 0.15) is 20.3 Å². The van der Waals surface area contributed by atoms with Gasteiger partial charge < -0.3 is 9.30 Å². The third kappa shape index (κ3) is 3.50. The monoisotopic (exact) mass is 389 g/mol. The summed E-state index contributed by atoms with van der Waals surface area (Å²) in [6.07, 6.45) is 4.93. The van der Waals surface area contributed by atoms with Crippen molar-refractivity contribution < 1.29 is 4.74 Å². The molecule has 0 saturated carbocycles. The number of methoxy groups -OCH3 is 1. The number of nitrogens with zero attached hydrogens (tertiary/aromatic N) is 3. The lowest BCUT2D eigenvalue weighted by Gasteiger charge is -2.10. The number of benzene rings is 2. The van der Waals surface area contributed by atoms with Crippen LogP contribution in [0, 0.1) is 0 Å². The van der Waals surface area contributed by atoms with E-state index in [-0.39, 0.29) is 0 Å². The third-order valence-electron chi connectivity index (χ3n) is 4.87. The van der Waals surface area contributed by atoms with Crippen molar-refractivity contribution in [3.05, 3.63) is 67.1 Å². The van der Waals surface area contributed by atoms with Crippen LogP contribution in [0.25, 0.3) is 27.8 Å². The molecule has 142 valence electrons. The molecular formula is C23H23N3OS. The summed E-state index contributed by atoms with van der Waals surface area (Å²) in [4.78, 5) is 9.28. The van der Waals surface area contributed by atoms with E-state index in [0.717, 1.165) is 39.5 Å². The van der Waals surface area contributed by atoms with Gasteiger partial charge in [-0.05, 0) is 36.2 Å². The first-order valence-corrected chi connectivity index (χ1v) is 10.3. The number of thioether (sulfide) groups is 1. The van der Waals surface area contributed by atoms with Gasteiger partial charge in [-0.2, -0.15) is 0 Å². The van der Waals surface area contributed by atoms with Gasteiger partial charge in [-0.25, -0.2) is 9.97 Å². The number of aromatic nitrogens is 3. The highest BCUT2D eigenvalue weighted by molar-refractivity contribution is 8.00. The average molecular weight is 390 g/mol. The van der Waals surface area contributed by atoms with Gasteiger partial charge in [-0.15, -0.1) is 11.8 Å². The van der Waals surface area contributed by atoms with Crippen LogP contribution in [0.15, 0.2) is 72.1 Å². The zero-order valence-electron chi connectivity index (χ0n) is 16.3. The Morgan fingerprint density at radius 1 is 1.04 bits per heavy atom. The fourth-order valence-corrected chi connectivity index (χ4v) is 4.15. The van der Waals surface area contributed by atoms with Gasteiger partial charge >= 0.3 is 0 Å².